The maximum Gasteiger partial charge on any atom is 0.173 e. The first-order chi connectivity index (χ1) is 35.9. The van der Waals surface area contributed by atoms with Crippen LogP contribution in [0.4, 0.5) is 0 Å². The fourth-order valence-electron chi connectivity index (χ4n) is 15.5. The minimum Gasteiger partial charge on any atom is -0.491 e. The summed E-state index contributed by atoms with van der Waals surface area (Å²) in [5, 5.41) is 33.8. The Bertz CT molecular complexity index is 2050. The van der Waals surface area contributed by atoms with Gasteiger partial charge in [-0.25, -0.2) is 0 Å². The van der Waals surface area contributed by atoms with Crippen LogP contribution in [-0.2, 0) is 80.5 Å². The monoisotopic (exact) mass is 1070 g/mol. The van der Waals surface area contributed by atoms with Crippen molar-refractivity contribution in [2.45, 2.75) is 260 Å². The Morgan fingerprint density at radius 3 is 1.60 bits per heavy atom. The molecule has 1 spiro atoms. The molecule has 8 saturated heterocycles. The van der Waals surface area contributed by atoms with Gasteiger partial charge in [-0.15, -0.1) is 0 Å². The van der Waals surface area contributed by atoms with Crippen LogP contribution in [0.3, 0.4) is 0 Å². The Morgan fingerprint density at radius 1 is 0.560 bits per heavy atom. The van der Waals surface area contributed by atoms with E-state index in [-0.39, 0.29) is 35.4 Å². The predicted molar refractivity (Wildman–Crippen MR) is 261 cm³/mol. The van der Waals surface area contributed by atoms with E-state index < -0.39 is 135 Å². The number of rotatable bonds is 14. The minimum atomic E-state index is -0.930. The first-order valence-electron chi connectivity index (χ1n) is 28.0. The van der Waals surface area contributed by atoms with Crippen molar-refractivity contribution in [3.05, 3.63) is 23.0 Å². The van der Waals surface area contributed by atoms with Crippen LogP contribution >= 0.6 is 0 Å². The van der Waals surface area contributed by atoms with Gasteiger partial charge in [-0.1, -0.05) is 18.6 Å². The number of aliphatic hydroxyl groups excluding tert-OH is 3. The molecule has 11 aliphatic rings. The van der Waals surface area contributed by atoms with Crippen LogP contribution in [0, 0.1) is 22.7 Å². The normalized spacial score (nSPS) is 53.6. The van der Waals surface area contributed by atoms with Crippen molar-refractivity contribution in [3.8, 4) is 0 Å². The smallest absolute Gasteiger partial charge is 0.173 e. The molecule has 20 nitrogen and oxygen atoms in total. The zero-order valence-corrected chi connectivity index (χ0v) is 45.8. The molecule has 3 aliphatic carbocycles. The van der Waals surface area contributed by atoms with Gasteiger partial charge < -0.3 is 95.8 Å². The molecule has 8 heterocycles. The number of methoxy groups -OCH3 is 4. The number of ether oxygens (including phenoxy) is 17. The maximum atomic E-state index is 11.9. The molecule has 0 amide bonds. The number of fused-ring (bicyclic) bond motifs is 3. The zero-order chi connectivity index (χ0) is 52.9. The quantitative estimate of drug-likeness (QED) is 0.207. The highest BCUT2D eigenvalue weighted by Crippen LogP contribution is 2.69. The molecule has 20 heteroatoms. The zero-order valence-electron chi connectivity index (χ0n) is 45.8. The molecule has 11 rings (SSSR count). The van der Waals surface area contributed by atoms with Gasteiger partial charge in [0.05, 0.1) is 97.8 Å². The van der Waals surface area contributed by atoms with Gasteiger partial charge >= 0.3 is 0 Å². The van der Waals surface area contributed by atoms with Crippen molar-refractivity contribution >= 4 is 0 Å². The molecule has 1 saturated carbocycles. The van der Waals surface area contributed by atoms with E-state index in [2.05, 4.69) is 19.9 Å². The summed E-state index contributed by atoms with van der Waals surface area (Å²) in [6, 6.07) is 0. The molecule has 3 N–H and O–H groups in total. The van der Waals surface area contributed by atoms with Crippen LogP contribution in [0.5, 0.6) is 0 Å². The second-order valence-corrected chi connectivity index (χ2v) is 23.9. The fourth-order valence-corrected chi connectivity index (χ4v) is 15.5. The van der Waals surface area contributed by atoms with Gasteiger partial charge in [-0.2, -0.15) is 0 Å². The summed E-state index contributed by atoms with van der Waals surface area (Å²) in [4.78, 5) is 0. The average molecular weight is 1070 g/mol. The van der Waals surface area contributed by atoms with E-state index in [1.54, 1.807) is 35.4 Å². The maximum absolute atomic E-state index is 11.9. The molecular formula is C55H86O20. The molecule has 0 aromatic carbocycles. The molecule has 28 atom stereocenters. The van der Waals surface area contributed by atoms with E-state index in [0.717, 1.165) is 25.0 Å². The topological polar surface area (TPSA) is 218 Å². The molecular weight excluding hydrogens is 981 g/mol. The standard InChI is InChI=1S/C55H86O20/c1-25-46(58)36(59-8)18-43(65-25)74-50-29(5)68-44(20-38(50)61-10)72-47-26(2)66-41(17-33(47)56)73-48-28(4)69-45(21-39(48)62-11)75-49-27(3)67-42(19-37(49)60-9)70-35-16-30-12-13-31-32(53(30,6)22-34(35)57)14-15-55-24-64-54(7)51(55)40(23-63-54)71-52(31)55/h12,25-29,32-51,56-58H,13-24H2,1-11H3/t25-,26+,27+,28-,29+,32-,33-,34+,35+,36+,37-,38+,39+,40+,41-,42-,43-,44-,45-,46-,47-,48+,49+,50+,51+,53-,54+,55-/m0/s1. The molecule has 426 valence electrons. The van der Waals surface area contributed by atoms with Crippen molar-refractivity contribution in [3.63, 3.8) is 0 Å². The molecule has 0 aromatic heterocycles. The van der Waals surface area contributed by atoms with E-state index in [0.29, 0.717) is 57.7 Å². The summed E-state index contributed by atoms with van der Waals surface area (Å²) in [6.45, 7) is 15.0. The molecule has 9 fully saturated rings. The summed E-state index contributed by atoms with van der Waals surface area (Å²) >= 11 is 0. The number of allylic oxidation sites excluding steroid dienone is 2. The van der Waals surface area contributed by atoms with E-state index in [9.17, 15) is 15.3 Å². The van der Waals surface area contributed by atoms with Crippen LogP contribution in [0.1, 0.15) is 113 Å². The van der Waals surface area contributed by atoms with Gasteiger partial charge in [0.15, 0.2) is 37.2 Å². The van der Waals surface area contributed by atoms with Crippen LogP contribution in [0.2, 0.25) is 0 Å². The predicted octanol–water partition coefficient (Wildman–Crippen LogP) is 4.30. The number of hydrogen-bond donors (Lipinski definition) is 3. The van der Waals surface area contributed by atoms with Gasteiger partial charge in [0.2, 0.25) is 0 Å². The highest BCUT2D eigenvalue weighted by atomic mass is 16.8. The second-order valence-electron chi connectivity index (χ2n) is 23.9. The minimum absolute atomic E-state index is 0.0342. The first kappa shape index (κ1) is 55.4. The Labute approximate surface area is 441 Å². The van der Waals surface area contributed by atoms with Crippen LogP contribution in [0.15, 0.2) is 23.0 Å². The van der Waals surface area contributed by atoms with Crippen LogP contribution in [0.25, 0.3) is 0 Å². The highest BCUT2D eigenvalue weighted by molar-refractivity contribution is 5.41. The highest BCUT2D eigenvalue weighted by Gasteiger charge is 2.72. The Kier molecular flexibility index (Phi) is 16.1. The SMILES string of the molecule is CO[C@H]1C[C@H](O[C@@H]2CC3=CCC4=C5O[C@@H]6CO[C@]7(C)OC[C@@]5(CC[C@@H]4[C@@]3(C)C[C@H]2O)[C@H]67)O[C@H](C)[C@H]1O[C@H]1C[C@@H](OC)[C@H](O[C@H]2C[C@H](O)[C@@H](O[C@H]3C[C@@H](OC)[C@H](O[C@H]4C[C@@H](OC)[C@@H](O)[C@H](C)O4)[C@@H](C)O3)[C@@H](C)O2)[C@H](C)O1. The van der Waals surface area contributed by atoms with Gasteiger partial charge in [0.1, 0.15) is 42.4 Å². The lowest BCUT2D eigenvalue weighted by molar-refractivity contribution is -0.351. The Balaban J connectivity index is 0.653. The lowest BCUT2D eigenvalue weighted by Gasteiger charge is -2.53. The van der Waals surface area contributed by atoms with Gasteiger partial charge in [-0.3, -0.25) is 0 Å². The molecule has 0 aromatic rings. The third-order valence-corrected chi connectivity index (χ3v) is 19.5. The largest absolute Gasteiger partial charge is 0.491 e. The van der Waals surface area contributed by atoms with Gasteiger partial charge in [-0.05, 0) is 90.6 Å². The molecule has 0 bridgehead atoms. The van der Waals surface area contributed by atoms with Crippen molar-refractivity contribution in [2.24, 2.45) is 22.7 Å². The van der Waals surface area contributed by atoms with E-state index in [1.165, 1.54) is 11.1 Å². The lowest BCUT2D eigenvalue weighted by Crippen LogP contribution is -2.58. The van der Waals surface area contributed by atoms with Crippen molar-refractivity contribution in [1.29, 1.82) is 0 Å². The summed E-state index contributed by atoms with van der Waals surface area (Å²) < 4.78 is 107. The summed E-state index contributed by atoms with van der Waals surface area (Å²) in [5.41, 5.74) is 2.42. The molecule has 0 radical (unpaired) electrons. The third kappa shape index (κ3) is 10.0. The van der Waals surface area contributed by atoms with E-state index >= 15 is 0 Å². The van der Waals surface area contributed by atoms with Crippen molar-refractivity contribution < 1.29 is 95.8 Å². The van der Waals surface area contributed by atoms with E-state index in [1.807, 2.05) is 27.7 Å². The summed E-state index contributed by atoms with van der Waals surface area (Å²) in [6.07, 6.45) is -4.16. The summed E-state index contributed by atoms with van der Waals surface area (Å²) in [5.74, 6) is 1.09. The number of hydrogen-bond acceptors (Lipinski definition) is 20. The Hall–Kier alpha value is -1.48. The summed E-state index contributed by atoms with van der Waals surface area (Å²) in [7, 11) is 6.48. The van der Waals surface area contributed by atoms with Crippen molar-refractivity contribution in [1.82, 2.24) is 0 Å². The first-order valence-corrected chi connectivity index (χ1v) is 28.0. The van der Waals surface area contributed by atoms with Crippen LogP contribution in [-0.4, -0.2) is 204 Å². The van der Waals surface area contributed by atoms with Gasteiger partial charge in [0, 0.05) is 60.5 Å². The average Bonchev–Trinajstić information content (AvgIpc) is 4.01. The lowest BCUT2D eigenvalue weighted by atomic mass is 9.52. The van der Waals surface area contributed by atoms with E-state index in [4.69, 9.17) is 80.5 Å². The van der Waals surface area contributed by atoms with Crippen LogP contribution < -0.4 is 0 Å². The Morgan fingerprint density at radius 2 is 1.05 bits per heavy atom. The molecule has 8 aliphatic heterocycles. The van der Waals surface area contributed by atoms with Crippen molar-refractivity contribution in [2.75, 3.05) is 41.7 Å². The van der Waals surface area contributed by atoms with Gasteiger partial charge in [0.25, 0.3) is 0 Å². The molecule has 0 unspecified atom stereocenters. The number of aliphatic hydroxyl groups is 3. The fraction of sp³-hybridized carbons (Fsp3) is 0.927. The molecule has 75 heavy (non-hydrogen) atoms. The second kappa shape index (κ2) is 21.8. The third-order valence-electron chi connectivity index (χ3n) is 19.5.